The van der Waals surface area contributed by atoms with Crippen molar-refractivity contribution in [3.8, 4) is 0 Å². The van der Waals surface area contributed by atoms with Crippen molar-refractivity contribution >= 4 is 50.9 Å². The molecule has 0 unspecified atom stereocenters. The van der Waals surface area contributed by atoms with Crippen LogP contribution in [0.4, 0.5) is 0 Å². The molecule has 0 saturated heterocycles. The Morgan fingerprint density at radius 2 is 1.76 bits per heavy atom. The minimum atomic E-state index is -4.04. The normalized spacial score (nSPS) is 15.2. The highest BCUT2D eigenvalue weighted by Gasteiger charge is 2.41. The van der Waals surface area contributed by atoms with Gasteiger partial charge in [0.25, 0.3) is 15.9 Å². The number of nitrogens with one attached hydrogen (secondary N) is 1. The Balaban J connectivity index is 1.82. The highest BCUT2D eigenvalue weighted by Crippen LogP contribution is 2.30. The van der Waals surface area contributed by atoms with Crippen molar-refractivity contribution in [3.63, 3.8) is 0 Å². The molecule has 0 radical (unpaired) electrons. The molecule has 3 amide bonds. The first-order chi connectivity index (χ1) is 15.9. The number of nitrogens with zero attached hydrogens (tertiary/aromatic N) is 2. The van der Waals surface area contributed by atoms with Crippen molar-refractivity contribution in [3.05, 3.63) is 63.6 Å². The summed E-state index contributed by atoms with van der Waals surface area (Å²) in [5, 5.41) is 3.52. The number of hydrogen-bond donors (Lipinski definition) is 1. The second-order valence-corrected chi connectivity index (χ2v) is 10.9. The van der Waals surface area contributed by atoms with Crippen LogP contribution in [0.15, 0.2) is 47.4 Å². The second-order valence-electron chi connectivity index (χ2n) is 8.23. The van der Waals surface area contributed by atoms with Crippen LogP contribution in [-0.4, -0.2) is 54.0 Å². The molecule has 0 spiro atoms. The summed E-state index contributed by atoms with van der Waals surface area (Å²) in [6.07, 6.45) is -0.302. The summed E-state index contributed by atoms with van der Waals surface area (Å²) in [7, 11) is -4.04. The Hall–Kier alpha value is -2.62. The van der Waals surface area contributed by atoms with Gasteiger partial charge in [0.05, 0.1) is 5.56 Å². The van der Waals surface area contributed by atoms with Crippen LogP contribution in [0.2, 0.25) is 10.0 Å². The van der Waals surface area contributed by atoms with Gasteiger partial charge in [-0.3, -0.25) is 14.4 Å². The maximum absolute atomic E-state index is 13.2. The summed E-state index contributed by atoms with van der Waals surface area (Å²) < 4.78 is 26.3. The van der Waals surface area contributed by atoms with E-state index in [9.17, 15) is 22.8 Å². The van der Waals surface area contributed by atoms with Gasteiger partial charge in [0, 0.05) is 35.6 Å². The zero-order valence-electron chi connectivity index (χ0n) is 18.9. The average molecular weight is 526 g/mol. The van der Waals surface area contributed by atoms with Crippen LogP contribution >= 0.6 is 23.2 Å². The predicted octanol–water partition coefficient (Wildman–Crippen LogP) is 3.47. The van der Waals surface area contributed by atoms with Crippen molar-refractivity contribution in [2.75, 3.05) is 6.54 Å². The Bertz CT molecular complexity index is 1230. The molecule has 1 atom stereocenters. The number of carbonyl (C=O) groups is 3. The molecule has 0 fully saturated rings. The number of benzene rings is 2. The van der Waals surface area contributed by atoms with Crippen molar-refractivity contribution in [2.24, 2.45) is 0 Å². The third kappa shape index (κ3) is 5.37. The minimum Gasteiger partial charge on any atom is -0.352 e. The monoisotopic (exact) mass is 525 g/mol. The zero-order chi connectivity index (χ0) is 25.2. The van der Waals surface area contributed by atoms with Gasteiger partial charge in [0.15, 0.2) is 0 Å². The van der Waals surface area contributed by atoms with Crippen LogP contribution < -0.4 is 5.32 Å². The molecule has 11 heteroatoms. The van der Waals surface area contributed by atoms with E-state index in [0.717, 1.165) is 0 Å². The fourth-order valence-corrected chi connectivity index (χ4v) is 5.65. The Morgan fingerprint density at radius 3 is 2.38 bits per heavy atom. The van der Waals surface area contributed by atoms with Gasteiger partial charge in [0.2, 0.25) is 11.8 Å². The van der Waals surface area contributed by atoms with E-state index >= 15 is 0 Å². The van der Waals surface area contributed by atoms with E-state index < -0.39 is 27.9 Å². The van der Waals surface area contributed by atoms with Gasteiger partial charge < -0.3 is 10.2 Å². The van der Waals surface area contributed by atoms with E-state index in [4.69, 9.17) is 23.2 Å². The lowest BCUT2D eigenvalue weighted by atomic mass is 10.1. The van der Waals surface area contributed by atoms with Crippen molar-refractivity contribution < 1.29 is 22.8 Å². The van der Waals surface area contributed by atoms with Crippen LogP contribution in [0.25, 0.3) is 0 Å². The van der Waals surface area contributed by atoms with Crippen LogP contribution in [0, 0.1) is 0 Å². The highest BCUT2D eigenvalue weighted by atomic mass is 35.5. The molecule has 1 heterocycles. The van der Waals surface area contributed by atoms with Crippen molar-refractivity contribution in [2.45, 2.75) is 50.7 Å². The second kappa shape index (κ2) is 10.3. The van der Waals surface area contributed by atoms with Crippen LogP contribution in [0.5, 0.6) is 0 Å². The molecule has 0 bridgehead atoms. The Morgan fingerprint density at radius 1 is 1.09 bits per heavy atom. The van der Waals surface area contributed by atoms with Gasteiger partial charge in [-0.2, -0.15) is 0 Å². The summed E-state index contributed by atoms with van der Waals surface area (Å²) in [5.41, 5.74) is 0.644. The standard InChI is InChI=1S/C23H25Cl2N3O5S/c1-14(2)26-22(30)15(3)27(13-16-8-9-17(24)12-19(16)25)21(29)10-11-28-23(31)18-6-4-5-7-20(18)34(28,32)33/h4-9,12,14-15H,10-11,13H2,1-3H3,(H,26,30)/t15-/m0/s1. The fraction of sp³-hybridized carbons (Fsp3) is 0.348. The van der Waals surface area contributed by atoms with Crippen molar-refractivity contribution in [1.29, 1.82) is 0 Å². The number of hydrogen-bond acceptors (Lipinski definition) is 5. The first-order valence-corrected chi connectivity index (χ1v) is 12.8. The summed E-state index contributed by atoms with van der Waals surface area (Å²) >= 11 is 12.2. The SMILES string of the molecule is CC(C)NC(=O)[C@H](C)N(Cc1ccc(Cl)cc1Cl)C(=O)CCN1C(=O)c2ccccc2S1(=O)=O. The molecule has 2 aromatic rings. The lowest BCUT2D eigenvalue weighted by molar-refractivity contribution is -0.140. The van der Waals surface area contributed by atoms with Gasteiger partial charge in [-0.1, -0.05) is 41.4 Å². The Labute approximate surface area is 208 Å². The van der Waals surface area contributed by atoms with E-state index in [-0.39, 0.29) is 41.9 Å². The Kier molecular flexibility index (Phi) is 7.90. The van der Waals surface area contributed by atoms with Crippen LogP contribution in [0.3, 0.4) is 0 Å². The van der Waals surface area contributed by atoms with Crippen LogP contribution in [0.1, 0.15) is 43.1 Å². The maximum atomic E-state index is 13.2. The molecule has 0 aliphatic carbocycles. The average Bonchev–Trinajstić information content (AvgIpc) is 2.96. The molecule has 2 aromatic carbocycles. The molecule has 34 heavy (non-hydrogen) atoms. The molecular formula is C23H25Cl2N3O5S. The van der Waals surface area contributed by atoms with E-state index in [1.165, 1.54) is 29.2 Å². The van der Waals surface area contributed by atoms with E-state index in [2.05, 4.69) is 5.32 Å². The van der Waals surface area contributed by atoms with Gasteiger partial charge in [-0.15, -0.1) is 0 Å². The molecular weight excluding hydrogens is 501 g/mol. The first kappa shape index (κ1) is 26.0. The van der Waals surface area contributed by atoms with Gasteiger partial charge >= 0.3 is 0 Å². The molecule has 0 saturated carbocycles. The number of amides is 3. The molecule has 8 nitrogen and oxygen atoms in total. The lowest BCUT2D eigenvalue weighted by Crippen LogP contribution is -2.49. The van der Waals surface area contributed by atoms with E-state index in [1.807, 2.05) is 0 Å². The predicted molar refractivity (Wildman–Crippen MR) is 129 cm³/mol. The third-order valence-electron chi connectivity index (χ3n) is 5.39. The van der Waals surface area contributed by atoms with Gasteiger partial charge in [0.1, 0.15) is 10.9 Å². The van der Waals surface area contributed by atoms with Gasteiger partial charge in [-0.25, -0.2) is 12.7 Å². The van der Waals surface area contributed by atoms with Crippen molar-refractivity contribution in [1.82, 2.24) is 14.5 Å². The van der Waals surface area contributed by atoms with E-state index in [1.54, 1.807) is 39.0 Å². The zero-order valence-corrected chi connectivity index (χ0v) is 21.2. The minimum absolute atomic E-state index is 0.00242. The number of carbonyl (C=O) groups excluding carboxylic acids is 3. The third-order valence-corrected chi connectivity index (χ3v) is 7.82. The molecule has 3 rings (SSSR count). The largest absolute Gasteiger partial charge is 0.352 e. The number of rotatable bonds is 8. The number of halogens is 2. The molecule has 182 valence electrons. The quantitative estimate of drug-likeness (QED) is 0.568. The maximum Gasteiger partial charge on any atom is 0.269 e. The molecule has 1 aliphatic heterocycles. The van der Waals surface area contributed by atoms with Crippen LogP contribution in [-0.2, 0) is 26.2 Å². The fourth-order valence-electron chi connectivity index (χ4n) is 3.61. The topological polar surface area (TPSA) is 104 Å². The summed E-state index contributed by atoms with van der Waals surface area (Å²) in [6, 6.07) is 9.70. The van der Waals surface area contributed by atoms with E-state index in [0.29, 0.717) is 19.9 Å². The summed E-state index contributed by atoms with van der Waals surface area (Å²) in [6.45, 7) is 4.83. The first-order valence-electron chi connectivity index (χ1n) is 10.6. The summed E-state index contributed by atoms with van der Waals surface area (Å²) in [5.74, 6) is -1.55. The number of fused-ring (bicyclic) bond motifs is 1. The molecule has 1 aliphatic rings. The summed E-state index contributed by atoms with van der Waals surface area (Å²) in [4.78, 5) is 39.8. The lowest BCUT2D eigenvalue weighted by Gasteiger charge is -2.30. The van der Waals surface area contributed by atoms with Gasteiger partial charge in [-0.05, 0) is 50.6 Å². The smallest absolute Gasteiger partial charge is 0.269 e. The molecule has 0 aromatic heterocycles. The highest BCUT2D eigenvalue weighted by molar-refractivity contribution is 7.90. The molecule has 1 N–H and O–H groups in total. The number of sulfonamides is 1.